The molecule has 0 unspecified atom stereocenters. The standard InChI is InChI=1S/C32H37N5O/c1-2-3-21-37-24-28(23-31-33-35-36-34-31)32-27(13-9-14-30(32)37)18-15-26-16-19-29(20-17-26)38-22-8-7-12-25-10-5-4-6-11-25/h4-6,9-11,13-14,16-17,19-20,24H,2-3,7-8,12,15,18,21-23H2,1H3,(H,33,34,35,36). The molecule has 196 valence electrons. The molecule has 0 bridgehead atoms. The van der Waals surface area contributed by atoms with Crippen LogP contribution in [-0.4, -0.2) is 31.8 Å². The van der Waals surface area contributed by atoms with E-state index in [-0.39, 0.29) is 0 Å². The fourth-order valence-electron chi connectivity index (χ4n) is 5.10. The number of aromatic amines is 1. The number of hydrogen-bond donors (Lipinski definition) is 1. The van der Waals surface area contributed by atoms with Gasteiger partial charge in [0.15, 0.2) is 5.82 Å². The summed E-state index contributed by atoms with van der Waals surface area (Å²) in [5.74, 6) is 1.68. The van der Waals surface area contributed by atoms with E-state index in [9.17, 15) is 0 Å². The Labute approximate surface area is 225 Å². The van der Waals surface area contributed by atoms with Gasteiger partial charge in [-0.15, -0.1) is 10.2 Å². The first kappa shape index (κ1) is 25.7. The molecule has 6 nitrogen and oxygen atoms in total. The van der Waals surface area contributed by atoms with E-state index in [0.717, 1.165) is 63.3 Å². The van der Waals surface area contributed by atoms with Crippen LogP contribution in [0.1, 0.15) is 60.7 Å². The number of hydrogen-bond acceptors (Lipinski definition) is 4. The second-order valence-corrected chi connectivity index (χ2v) is 9.95. The number of nitrogens with one attached hydrogen (secondary N) is 1. The molecule has 3 aromatic carbocycles. The third kappa shape index (κ3) is 6.68. The fraction of sp³-hybridized carbons (Fsp3) is 0.344. The van der Waals surface area contributed by atoms with E-state index >= 15 is 0 Å². The third-order valence-electron chi connectivity index (χ3n) is 7.14. The second-order valence-electron chi connectivity index (χ2n) is 9.95. The van der Waals surface area contributed by atoms with Crippen molar-refractivity contribution in [3.8, 4) is 5.75 Å². The van der Waals surface area contributed by atoms with E-state index in [2.05, 4.69) is 111 Å². The molecule has 0 amide bonds. The molecular weight excluding hydrogens is 470 g/mol. The van der Waals surface area contributed by atoms with E-state index in [1.165, 1.54) is 39.6 Å². The summed E-state index contributed by atoms with van der Waals surface area (Å²) in [5, 5.41) is 16.1. The minimum absolute atomic E-state index is 0.681. The van der Waals surface area contributed by atoms with E-state index < -0.39 is 0 Å². The van der Waals surface area contributed by atoms with Crippen LogP contribution in [0.4, 0.5) is 0 Å². The first-order chi connectivity index (χ1) is 18.8. The van der Waals surface area contributed by atoms with Gasteiger partial charge < -0.3 is 9.30 Å². The molecule has 0 saturated carbocycles. The minimum Gasteiger partial charge on any atom is -0.494 e. The Morgan fingerprint density at radius 3 is 2.42 bits per heavy atom. The highest BCUT2D eigenvalue weighted by atomic mass is 16.5. The third-order valence-corrected chi connectivity index (χ3v) is 7.14. The fourth-order valence-corrected chi connectivity index (χ4v) is 5.10. The number of H-pyrrole nitrogens is 1. The number of ether oxygens (including phenoxy) is 1. The highest BCUT2D eigenvalue weighted by molar-refractivity contribution is 5.87. The Balaban J connectivity index is 1.19. The summed E-state index contributed by atoms with van der Waals surface area (Å²) in [6.45, 7) is 4.02. The number of benzene rings is 3. The monoisotopic (exact) mass is 507 g/mol. The van der Waals surface area contributed by atoms with E-state index in [1.54, 1.807) is 0 Å². The lowest BCUT2D eigenvalue weighted by Gasteiger charge is -2.09. The zero-order valence-electron chi connectivity index (χ0n) is 22.3. The lowest BCUT2D eigenvalue weighted by molar-refractivity contribution is 0.307. The zero-order valence-corrected chi connectivity index (χ0v) is 22.3. The van der Waals surface area contributed by atoms with Gasteiger partial charge in [-0.3, -0.25) is 0 Å². The maximum atomic E-state index is 6.00. The van der Waals surface area contributed by atoms with Crippen LogP contribution >= 0.6 is 0 Å². The van der Waals surface area contributed by atoms with E-state index in [4.69, 9.17) is 4.74 Å². The van der Waals surface area contributed by atoms with E-state index in [1.807, 2.05) is 0 Å². The van der Waals surface area contributed by atoms with E-state index in [0.29, 0.717) is 6.42 Å². The normalized spacial score (nSPS) is 11.3. The van der Waals surface area contributed by atoms with Gasteiger partial charge in [-0.1, -0.05) is 73.2 Å². The van der Waals surface area contributed by atoms with Crippen molar-refractivity contribution >= 4 is 10.9 Å². The number of nitrogens with zero attached hydrogens (tertiary/aromatic N) is 4. The number of fused-ring (bicyclic) bond motifs is 1. The highest BCUT2D eigenvalue weighted by Gasteiger charge is 2.14. The minimum atomic E-state index is 0.681. The van der Waals surface area contributed by atoms with Crippen molar-refractivity contribution < 1.29 is 4.74 Å². The van der Waals surface area contributed by atoms with Gasteiger partial charge in [0, 0.05) is 30.1 Å². The van der Waals surface area contributed by atoms with Gasteiger partial charge >= 0.3 is 0 Å². The predicted octanol–water partition coefficient (Wildman–Crippen LogP) is 6.73. The van der Waals surface area contributed by atoms with Crippen molar-refractivity contribution in [2.24, 2.45) is 0 Å². The number of tetrazole rings is 1. The number of aromatic nitrogens is 5. The van der Waals surface area contributed by atoms with Gasteiger partial charge in [-0.2, -0.15) is 5.21 Å². The van der Waals surface area contributed by atoms with Gasteiger partial charge in [0.25, 0.3) is 0 Å². The summed E-state index contributed by atoms with van der Waals surface area (Å²) in [7, 11) is 0. The summed E-state index contributed by atoms with van der Waals surface area (Å²) in [6, 6.07) is 26.0. The maximum Gasteiger partial charge on any atom is 0.178 e. The highest BCUT2D eigenvalue weighted by Crippen LogP contribution is 2.28. The van der Waals surface area contributed by atoms with Crippen molar-refractivity contribution in [1.82, 2.24) is 25.2 Å². The van der Waals surface area contributed by atoms with Gasteiger partial charge in [-0.25, -0.2) is 0 Å². The predicted molar refractivity (Wildman–Crippen MR) is 153 cm³/mol. The van der Waals surface area contributed by atoms with Gasteiger partial charge in [0.2, 0.25) is 0 Å². The lowest BCUT2D eigenvalue weighted by atomic mass is 9.98. The zero-order chi connectivity index (χ0) is 26.0. The van der Waals surface area contributed by atoms with Crippen LogP contribution in [0.15, 0.2) is 79.0 Å². The average Bonchev–Trinajstić information content (AvgIpc) is 3.60. The van der Waals surface area contributed by atoms with Crippen LogP contribution in [0, 0.1) is 0 Å². The van der Waals surface area contributed by atoms with Gasteiger partial charge in [-0.05, 0) is 79.0 Å². The Kier molecular flexibility index (Phi) is 8.82. The number of aryl methyl sites for hydroxylation is 4. The topological polar surface area (TPSA) is 68.6 Å². The van der Waals surface area contributed by atoms with Crippen LogP contribution < -0.4 is 4.74 Å². The molecule has 0 spiro atoms. The lowest BCUT2D eigenvalue weighted by Crippen LogP contribution is -1.99. The number of unbranched alkanes of at least 4 members (excludes halogenated alkanes) is 2. The first-order valence-corrected chi connectivity index (χ1v) is 13.9. The van der Waals surface area contributed by atoms with Crippen molar-refractivity contribution in [2.45, 2.75) is 64.8 Å². The smallest absolute Gasteiger partial charge is 0.178 e. The van der Waals surface area contributed by atoms with Crippen LogP contribution in [0.25, 0.3) is 10.9 Å². The van der Waals surface area contributed by atoms with Crippen LogP contribution in [0.5, 0.6) is 5.75 Å². The molecule has 0 radical (unpaired) electrons. The quantitative estimate of drug-likeness (QED) is 0.169. The maximum absolute atomic E-state index is 6.00. The second kappa shape index (κ2) is 13.0. The Morgan fingerprint density at radius 2 is 1.63 bits per heavy atom. The van der Waals surface area contributed by atoms with Gasteiger partial charge in [0.1, 0.15) is 5.75 Å². The molecule has 6 heteroatoms. The van der Waals surface area contributed by atoms with Gasteiger partial charge in [0.05, 0.1) is 6.61 Å². The summed E-state index contributed by atoms with van der Waals surface area (Å²) >= 11 is 0. The van der Waals surface area contributed by atoms with Crippen molar-refractivity contribution in [2.75, 3.05) is 6.61 Å². The molecular formula is C32H37N5O. The Bertz CT molecular complexity index is 1390. The largest absolute Gasteiger partial charge is 0.494 e. The molecule has 1 N–H and O–H groups in total. The molecule has 0 aliphatic carbocycles. The molecule has 0 fully saturated rings. The molecule has 0 aliphatic rings. The molecule has 38 heavy (non-hydrogen) atoms. The van der Waals surface area contributed by atoms with Crippen LogP contribution in [-0.2, 0) is 32.2 Å². The molecule has 2 heterocycles. The molecule has 5 rings (SSSR count). The molecule has 0 saturated heterocycles. The average molecular weight is 508 g/mol. The molecule has 0 aliphatic heterocycles. The van der Waals surface area contributed by atoms with Crippen molar-refractivity contribution in [3.05, 3.63) is 107 Å². The summed E-state index contributed by atoms with van der Waals surface area (Å²) < 4.78 is 8.39. The Hall–Kier alpha value is -3.93. The van der Waals surface area contributed by atoms with Crippen molar-refractivity contribution in [1.29, 1.82) is 0 Å². The van der Waals surface area contributed by atoms with Crippen LogP contribution in [0.2, 0.25) is 0 Å². The SMILES string of the molecule is CCCCn1cc(Cc2nn[nH]n2)c2c(CCc3ccc(OCCCCc4ccccc4)cc3)cccc21. The van der Waals surface area contributed by atoms with Crippen LogP contribution in [0.3, 0.4) is 0 Å². The Morgan fingerprint density at radius 1 is 0.789 bits per heavy atom. The molecule has 5 aromatic rings. The summed E-state index contributed by atoms with van der Waals surface area (Å²) in [5.41, 5.74) is 6.65. The number of rotatable bonds is 14. The first-order valence-electron chi connectivity index (χ1n) is 13.9. The summed E-state index contributed by atoms with van der Waals surface area (Å²) in [6.07, 6.45) is 10.6. The van der Waals surface area contributed by atoms with Crippen molar-refractivity contribution in [3.63, 3.8) is 0 Å². The summed E-state index contributed by atoms with van der Waals surface area (Å²) in [4.78, 5) is 0. The molecule has 2 aromatic heterocycles. The molecule has 0 atom stereocenters.